The lowest BCUT2D eigenvalue weighted by atomic mass is 9.65. The van der Waals surface area contributed by atoms with Crippen molar-refractivity contribution in [1.82, 2.24) is 0 Å². The van der Waals surface area contributed by atoms with E-state index in [-0.39, 0.29) is 17.5 Å². The van der Waals surface area contributed by atoms with Crippen molar-refractivity contribution in [3.63, 3.8) is 0 Å². The summed E-state index contributed by atoms with van der Waals surface area (Å²) in [5, 5.41) is 0. The van der Waals surface area contributed by atoms with Gasteiger partial charge in [0.15, 0.2) is 0 Å². The second kappa shape index (κ2) is 6.37. The van der Waals surface area contributed by atoms with Crippen LogP contribution in [0.15, 0.2) is 12.2 Å². The second-order valence-electron chi connectivity index (χ2n) is 8.03. The molecule has 2 fully saturated rings. The number of unbranched alkanes of at least 4 members (excludes halogenated alkanes) is 3. The minimum Gasteiger partial charge on any atom is -0.462 e. The third kappa shape index (κ3) is 2.53. The highest BCUT2D eigenvalue weighted by atomic mass is 16.6. The van der Waals surface area contributed by atoms with Crippen molar-refractivity contribution in [2.75, 3.05) is 0 Å². The van der Waals surface area contributed by atoms with Gasteiger partial charge in [-0.2, -0.15) is 0 Å². The molecule has 0 unspecified atom stereocenters. The molecule has 6 atom stereocenters. The van der Waals surface area contributed by atoms with Gasteiger partial charge >= 0.3 is 5.97 Å². The molecule has 2 nitrogen and oxygen atoms in total. The Morgan fingerprint density at radius 1 is 1.27 bits per heavy atom. The van der Waals surface area contributed by atoms with Gasteiger partial charge < -0.3 is 4.74 Å². The van der Waals surface area contributed by atoms with E-state index in [0.29, 0.717) is 17.8 Å². The van der Waals surface area contributed by atoms with Crippen LogP contribution in [0, 0.1) is 29.1 Å². The SMILES string of the molecule is CC[C@H](C)CCCCCC[C@]12C(=O)O[C@@H](C)[C@H]1[C@H]1C=C[C@@H]2C1. The largest absolute Gasteiger partial charge is 0.462 e. The fourth-order valence-electron chi connectivity index (χ4n) is 5.33. The molecule has 124 valence electrons. The fraction of sp³-hybridized carbons (Fsp3) is 0.850. The number of cyclic esters (lactones) is 1. The average molecular weight is 304 g/mol. The van der Waals surface area contributed by atoms with Crippen LogP contribution < -0.4 is 0 Å². The maximum atomic E-state index is 12.6. The molecule has 1 heterocycles. The first-order valence-electron chi connectivity index (χ1n) is 9.49. The van der Waals surface area contributed by atoms with E-state index in [1.54, 1.807) is 0 Å². The molecule has 0 radical (unpaired) electrons. The number of allylic oxidation sites excluding steroid dienone is 2. The molecule has 0 aromatic rings. The Bertz CT molecular complexity index is 441. The minimum atomic E-state index is -0.157. The first kappa shape index (κ1) is 16.1. The molecule has 0 aromatic heterocycles. The van der Waals surface area contributed by atoms with Crippen LogP contribution in [0.1, 0.15) is 72.1 Å². The second-order valence-corrected chi connectivity index (χ2v) is 8.03. The highest BCUT2D eigenvalue weighted by Crippen LogP contribution is 2.63. The van der Waals surface area contributed by atoms with Gasteiger partial charge in [-0.3, -0.25) is 4.79 Å². The van der Waals surface area contributed by atoms with Gasteiger partial charge in [-0.05, 0) is 37.5 Å². The maximum absolute atomic E-state index is 12.6. The summed E-state index contributed by atoms with van der Waals surface area (Å²) in [4.78, 5) is 12.6. The lowest BCUT2D eigenvalue weighted by Gasteiger charge is -2.33. The lowest BCUT2D eigenvalue weighted by Crippen LogP contribution is -2.38. The van der Waals surface area contributed by atoms with E-state index in [2.05, 4.69) is 32.9 Å². The summed E-state index contributed by atoms with van der Waals surface area (Å²) in [5.74, 6) is 2.48. The van der Waals surface area contributed by atoms with Gasteiger partial charge in [-0.25, -0.2) is 0 Å². The summed E-state index contributed by atoms with van der Waals surface area (Å²) >= 11 is 0. The van der Waals surface area contributed by atoms with Crippen molar-refractivity contribution in [1.29, 1.82) is 0 Å². The topological polar surface area (TPSA) is 26.3 Å². The minimum absolute atomic E-state index is 0.112. The van der Waals surface area contributed by atoms with E-state index < -0.39 is 0 Å². The number of hydrogen-bond acceptors (Lipinski definition) is 2. The van der Waals surface area contributed by atoms with Crippen LogP contribution in [0.2, 0.25) is 0 Å². The highest BCUT2D eigenvalue weighted by Gasteiger charge is 2.66. The lowest BCUT2D eigenvalue weighted by molar-refractivity contribution is -0.150. The monoisotopic (exact) mass is 304 g/mol. The highest BCUT2D eigenvalue weighted by molar-refractivity contribution is 5.81. The maximum Gasteiger partial charge on any atom is 0.313 e. The van der Waals surface area contributed by atoms with Crippen LogP contribution >= 0.6 is 0 Å². The molecular weight excluding hydrogens is 272 g/mol. The Hall–Kier alpha value is -0.790. The van der Waals surface area contributed by atoms with Crippen molar-refractivity contribution >= 4 is 5.97 Å². The quantitative estimate of drug-likeness (QED) is 0.353. The van der Waals surface area contributed by atoms with Gasteiger partial charge in [0.05, 0.1) is 5.41 Å². The van der Waals surface area contributed by atoms with Crippen LogP contribution in [-0.2, 0) is 9.53 Å². The molecule has 22 heavy (non-hydrogen) atoms. The van der Waals surface area contributed by atoms with Gasteiger partial charge in [0, 0.05) is 5.92 Å². The van der Waals surface area contributed by atoms with E-state index in [0.717, 1.165) is 12.3 Å². The van der Waals surface area contributed by atoms with E-state index in [1.165, 1.54) is 44.9 Å². The number of esters is 1. The molecule has 3 rings (SSSR count). The molecule has 0 N–H and O–H groups in total. The van der Waals surface area contributed by atoms with Gasteiger partial charge in [-0.15, -0.1) is 0 Å². The Morgan fingerprint density at radius 3 is 2.82 bits per heavy atom. The molecule has 2 heteroatoms. The Balaban J connectivity index is 1.51. The first-order valence-corrected chi connectivity index (χ1v) is 9.49. The predicted molar refractivity (Wildman–Crippen MR) is 89.4 cm³/mol. The average Bonchev–Trinajstić information content (AvgIpc) is 3.15. The Labute approximate surface area is 135 Å². The number of hydrogen-bond donors (Lipinski definition) is 0. The predicted octanol–water partition coefficient (Wildman–Crippen LogP) is 5.13. The fourth-order valence-corrected chi connectivity index (χ4v) is 5.33. The normalized spacial score (nSPS) is 40.0. The summed E-state index contributed by atoms with van der Waals surface area (Å²) in [6, 6.07) is 0. The summed E-state index contributed by atoms with van der Waals surface area (Å²) in [5.41, 5.74) is -0.157. The summed E-state index contributed by atoms with van der Waals surface area (Å²) in [6.45, 7) is 6.73. The third-order valence-corrected chi connectivity index (χ3v) is 6.75. The summed E-state index contributed by atoms with van der Waals surface area (Å²) in [6.07, 6.45) is 14.8. The molecule has 1 aliphatic heterocycles. The molecule has 3 aliphatic rings. The van der Waals surface area contributed by atoms with E-state index in [1.807, 2.05) is 0 Å². The first-order chi connectivity index (χ1) is 10.6. The number of carbonyl (C=O) groups is 1. The van der Waals surface area contributed by atoms with Gasteiger partial charge in [0.25, 0.3) is 0 Å². The van der Waals surface area contributed by atoms with Crippen LogP contribution in [-0.4, -0.2) is 12.1 Å². The smallest absolute Gasteiger partial charge is 0.313 e. The van der Waals surface area contributed by atoms with E-state index in [4.69, 9.17) is 4.74 Å². The van der Waals surface area contributed by atoms with Crippen molar-refractivity contribution < 1.29 is 9.53 Å². The molecule has 2 aliphatic carbocycles. The number of ether oxygens (including phenoxy) is 1. The van der Waals surface area contributed by atoms with Crippen LogP contribution in [0.5, 0.6) is 0 Å². The molecule has 1 saturated heterocycles. The number of carbonyl (C=O) groups excluding carboxylic acids is 1. The molecule has 0 aromatic carbocycles. The zero-order chi connectivity index (χ0) is 15.7. The summed E-state index contributed by atoms with van der Waals surface area (Å²) in [7, 11) is 0. The number of rotatable bonds is 8. The van der Waals surface area contributed by atoms with Crippen LogP contribution in [0.3, 0.4) is 0 Å². The standard InChI is InChI=1S/C20H32O2/c1-4-14(2)9-7-5-6-8-12-20-17-11-10-16(13-17)18(20)15(3)22-19(20)21/h10-11,14-18H,4-9,12-13H2,1-3H3/t14-,15-,16-,17+,18-,20+/m0/s1. The van der Waals surface area contributed by atoms with Gasteiger partial charge in [0.2, 0.25) is 0 Å². The van der Waals surface area contributed by atoms with Gasteiger partial charge in [0.1, 0.15) is 6.10 Å². The van der Waals surface area contributed by atoms with Gasteiger partial charge in [-0.1, -0.05) is 64.5 Å². The van der Waals surface area contributed by atoms with Crippen molar-refractivity contribution in [3.05, 3.63) is 12.2 Å². The van der Waals surface area contributed by atoms with Crippen LogP contribution in [0.4, 0.5) is 0 Å². The molecule has 1 saturated carbocycles. The molecular formula is C20H32O2. The summed E-state index contributed by atoms with van der Waals surface area (Å²) < 4.78 is 5.66. The molecule has 0 spiro atoms. The van der Waals surface area contributed by atoms with E-state index in [9.17, 15) is 4.79 Å². The number of fused-ring (bicyclic) bond motifs is 5. The van der Waals surface area contributed by atoms with Crippen molar-refractivity contribution in [2.45, 2.75) is 78.2 Å². The Morgan fingerprint density at radius 2 is 2.05 bits per heavy atom. The zero-order valence-electron chi connectivity index (χ0n) is 14.5. The van der Waals surface area contributed by atoms with Crippen LogP contribution in [0.25, 0.3) is 0 Å². The third-order valence-electron chi connectivity index (χ3n) is 6.75. The van der Waals surface area contributed by atoms with E-state index >= 15 is 0 Å². The van der Waals surface area contributed by atoms with Crippen molar-refractivity contribution in [2.24, 2.45) is 29.1 Å². The molecule has 0 amide bonds. The molecule has 2 bridgehead atoms. The van der Waals surface area contributed by atoms with Crippen molar-refractivity contribution in [3.8, 4) is 0 Å². The Kier molecular flexibility index (Phi) is 4.66. The zero-order valence-corrected chi connectivity index (χ0v) is 14.5.